The third kappa shape index (κ3) is 4.31. The van der Waals surface area contributed by atoms with E-state index in [4.69, 9.17) is 4.74 Å². The molecule has 0 bridgehead atoms. The summed E-state index contributed by atoms with van der Waals surface area (Å²) in [5.74, 6) is 0.0485. The molecule has 0 aromatic carbocycles. The molecule has 0 saturated carbocycles. The average Bonchev–Trinajstić information content (AvgIpc) is 3.20. The van der Waals surface area contributed by atoms with Crippen LogP contribution < -0.4 is 5.32 Å². The Bertz CT molecular complexity index is 529. The topological polar surface area (TPSA) is 61.9 Å². The Morgan fingerprint density at radius 1 is 1.39 bits per heavy atom. The van der Waals surface area contributed by atoms with Gasteiger partial charge in [-0.1, -0.05) is 6.07 Å². The lowest BCUT2D eigenvalue weighted by Crippen LogP contribution is -2.47. The van der Waals surface area contributed by atoms with Crippen molar-refractivity contribution in [3.63, 3.8) is 0 Å². The fourth-order valence-corrected chi connectivity index (χ4v) is 3.76. The number of nitrogens with one attached hydrogen (secondary N) is 1. The van der Waals surface area contributed by atoms with Gasteiger partial charge in [0.1, 0.15) is 6.04 Å². The van der Waals surface area contributed by atoms with Gasteiger partial charge in [-0.25, -0.2) is 0 Å². The van der Waals surface area contributed by atoms with Crippen LogP contribution in [0.25, 0.3) is 0 Å². The number of likely N-dealkylation sites (tertiary alicyclic amines) is 1. The van der Waals surface area contributed by atoms with E-state index in [1.807, 2.05) is 17.5 Å². The van der Waals surface area contributed by atoms with E-state index in [1.54, 1.807) is 16.2 Å². The number of ether oxygens (including phenoxy) is 1. The molecule has 1 aromatic rings. The van der Waals surface area contributed by atoms with Gasteiger partial charge in [0, 0.05) is 37.5 Å². The van der Waals surface area contributed by atoms with Gasteiger partial charge in [0.15, 0.2) is 0 Å². The standard InChI is InChI=1S/C16H23N3O3S/c20-15-4-3-14(19(15)12-13-2-1-11-23-13)16(21)17-5-6-18-7-9-22-10-8-18/h1-2,11,14H,3-10,12H2,(H,17,21). The number of nitrogens with zero attached hydrogens (tertiary/aromatic N) is 2. The lowest BCUT2D eigenvalue weighted by atomic mass is 10.2. The maximum absolute atomic E-state index is 12.4. The Kier molecular flexibility index (Phi) is 5.64. The van der Waals surface area contributed by atoms with Crippen LogP contribution in [0.15, 0.2) is 17.5 Å². The lowest BCUT2D eigenvalue weighted by Gasteiger charge is -2.27. The van der Waals surface area contributed by atoms with Crippen molar-refractivity contribution in [1.82, 2.24) is 15.1 Å². The Labute approximate surface area is 140 Å². The van der Waals surface area contributed by atoms with Gasteiger partial charge in [0.05, 0.1) is 19.8 Å². The number of rotatable bonds is 6. The van der Waals surface area contributed by atoms with E-state index in [0.29, 0.717) is 25.9 Å². The number of amides is 2. The summed E-state index contributed by atoms with van der Waals surface area (Å²) in [6, 6.07) is 3.65. The first-order chi connectivity index (χ1) is 11.2. The molecule has 2 saturated heterocycles. The second kappa shape index (κ2) is 7.90. The minimum Gasteiger partial charge on any atom is -0.379 e. The number of hydrogen-bond acceptors (Lipinski definition) is 5. The minimum atomic E-state index is -0.325. The van der Waals surface area contributed by atoms with Crippen LogP contribution >= 0.6 is 11.3 Å². The molecular weight excluding hydrogens is 314 g/mol. The predicted octanol–water partition coefficient (Wildman–Crippen LogP) is 0.687. The molecule has 1 N–H and O–H groups in total. The van der Waals surface area contributed by atoms with E-state index in [-0.39, 0.29) is 17.9 Å². The van der Waals surface area contributed by atoms with Crippen LogP contribution in [0.1, 0.15) is 17.7 Å². The summed E-state index contributed by atoms with van der Waals surface area (Å²) in [6.45, 7) is 5.36. The Hall–Kier alpha value is -1.44. The van der Waals surface area contributed by atoms with Crippen molar-refractivity contribution in [2.75, 3.05) is 39.4 Å². The average molecular weight is 337 g/mol. The van der Waals surface area contributed by atoms with Crippen molar-refractivity contribution >= 4 is 23.2 Å². The fourth-order valence-electron chi connectivity index (χ4n) is 3.05. The highest BCUT2D eigenvalue weighted by Crippen LogP contribution is 2.23. The van der Waals surface area contributed by atoms with E-state index in [2.05, 4.69) is 10.2 Å². The quantitative estimate of drug-likeness (QED) is 0.830. The molecule has 0 spiro atoms. The first-order valence-corrected chi connectivity index (χ1v) is 9.01. The van der Waals surface area contributed by atoms with E-state index >= 15 is 0 Å². The maximum Gasteiger partial charge on any atom is 0.242 e. The van der Waals surface area contributed by atoms with Gasteiger partial charge in [-0.2, -0.15) is 0 Å². The van der Waals surface area contributed by atoms with Gasteiger partial charge in [0.25, 0.3) is 0 Å². The molecule has 1 aromatic heterocycles. The number of carbonyl (C=O) groups excluding carboxylic acids is 2. The lowest BCUT2D eigenvalue weighted by molar-refractivity contribution is -0.135. The van der Waals surface area contributed by atoms with Crippen LogP contribution in [-0.2, 0) is 20.9 Å². The highest BCUT2D eigenvalue weighted by molar-refractivity contribution is 7.09. The largest absolute Gasteiger partial charge is 0.379 e. The van der Waals surface area contributed by atoms with Gasteiger partial charge in [-0.05, 0) is 17.9 Å². The van der Waals surface area contributed by atoms with Crippen LogP contribution in [0, 0.1) is 0 Å². The van der Waals surface area contributed by atoms with Gasteiger partial charge in [0.2, 0.25) is 11.8 Å². The summed E-state index contributed by atoms with van der Waals surface area (Å²) in [5.41, 5.74) is 0. The molecule has 3 rings (SSSR count). The zero-order valence-corrected chi connectivity index (χ0v) is 14.0. The second-order valence-electron chi connectivity index (χ2n) is 5.90. The summed E-state index contributed by atoms with van der Waals surface area (Å²) in [7, 11) is 0. The maximum atomic E-state index is 12.4. The van der Waals surface area contributed by atoms with E-state index < -0.39 is 0 Å². The first kappa shape index (κ1) is 16.4. The number of hydrogen-bond donors (Lipinski definition) is 1. The number of morpholine rings is 1. The summed E-state index contributed by atoms with van der Waals surface area (Å²) >= 11 is 1.62. The van der Waals surface area contributed by atoms with E-state index in [0.717, 1.165) is 37.7 Å². The van der Waals surface area contributed by atoms with Crippen molar-refractivity contribution in [1.29, 1.82) is 0 Å². The summed E-state index contributed by atoms with van der Waals surface area (Å²) < 4.78 is 5.31. The molecular formula is C16H23N3O3S. The van der Waals surface area contributed by atoms with Gasteiger partial charge in [-0.15, -0.1) is 11.3 Å². The van der Waals surface area contributed by atoms with E-state index in [9.17, 15) is 9.59 Å². The van der Waals surface area contributed by atoms with Gasteiger partial charge in [-0.3, -0.25) is 14.5 Å². The molecule has 1 atom stereocenters. The number of carbonyl (C=O) groups is 2. The molecule has 6 nitrogen and oxygen atoms in total. The van der Waals surface area contributed by atoms with Crippen molar-refractivity contribution in [3.05, 3.63) is 22.4 Å². The minimum absolute atomic E-state index is 0.0272. The van der Waals surface area contributed by atoms with Crippen LogP contribution in [-0.4, -0.2) is 67.0 Å². The number of thiophene rings is 1. The van der Waals surface area contributed by atoms with Gasteiger partial charge >= 0.3 is 0 Å². The zero-order valence-electron chi connectivity index (χ0n) is 13.2. The molecule has 0 aliphatic carbocycles. The third-order valence-corrected chi connectivity index (χ3v) is 5.23. The first-order valence-electron chi connectivity index (χ1n) is 8.14. The van der Waals surface area contributed by atoms with Crippen LogP contribution in [0.2, 0.25) is 0 Å². The highest BCUT2D eigenvalue weighted by atomic mass is 32.1. The molecule has 7 heteroatoms. The molecule has 0 radical (unpaired) electrons. The highest BCUT2D eigenvalue weighted by Gasteiger charge is 2.35. The molecule has 2 fully saturated rings. The predicted molar refractivity (Wildman–Crippen MR) is 88.2 cm³/mol. The molecule has 126 valence electrons. The normalized spacial score (nSPS) is 22.5. The molecule has 2 amide bonds. The van der Waals surface area contributed by atoms with Crippen molar-refractivity contribution in [2.24, 2.45) is 0 Å². The fraction of sp³-hybridized carbons (Fsp3) is 0.625. The smallest absolute Gasteiger partial charge is 0.242 e. The molecule has 2 aliphatic rings. The molecule has 2 aliphatic heterocycles. The Morgan fingerprint density at radius 3 is 2.96 bits per heavy atom. The van der Waals surface area contributed by atoms with E-state index in [1.165, 1.54) is 0 Å². The van der Waals surface area contributed by atoms with Crippen molar-refractivity contribution in [3.8, 4) is 0 Å². The molecule has 1 unspecified atom stereocenters. The Morgan fingerprint density at radius 2 is 2.22 bits per heavy atom. The van der Waals surface area contributed by atoms with Crippen molar-refractivity contribution in [2.45, 2.75) is 25.4 Å². The second-order valence-corrected chi connectivity index (χ2v) is 6.93. The third-order valence-electron chi connectivity index (χ3n) is 4.37. The van der Waals surface area contributed by atoms with Crippen molar-refractivity contribution < 1.29 is 14.3 Å². The molecule has 3 heterocycles. The summed E-state index contributed by atoms with van der Waals surface area (Å²) in [5, 5.41) is 4.98. The summed E-state index contributed by atoms with van der Waals surface area (Å²) in [4.78, 5) is 29.6. The van der Waals surface area contributed by atoms with Crippen LogP contribution in [0.4, 0.5) is 0 Å². The SMILES string of the molecule is O=C(NCCN1CCOCC1)C1CCC(=O)N1Cc1cccs1. The zero-order chi connectivity index (χ0) is 16.1. The molecule has 23 heavy (non-hydrogen) atoms. The van der Waals surface area contributed by atoms with Crippen LogP contribution in [0.5, 0.6) is 0 Å². The van der Waals surface area contributed by atoms with Gasteiger partial charge < -0.3 is 15.0 Å². The summed E-state index contributed by atoms with van der Waals surface area (Å²) in [6.07, 6.45) is 1.08. The monoisotopic (exact) mass is 337 g/mol. The van der Waals surface area contributed by atoms with Crippen LogP contribution in [0.3, 0.4) is 0 Å². The Balaban J connectivity index is 1.48.